The second kappa shape index (κ2) is 6.76. The van der Waals surface area contributed by atoms with E-state index in [9.17, 15) is 0 Å². The standard InChI is InChI=1S/C18H23ClN2O/c1-14-5-3-6-17(15(14)2)21-10-8-20(9-11-21)13-16(19)18-7-4-12-22-18/h3-7,12,16H,8-11,13H2,1-2H3. The number of hydrogen-bond acceptors (Lipinski definition) is 3. The van der Waals surface area contributed by atoms with E-state index < -0.39 is 0 Å². The number of furan rings is 1. The van der Waals surface area contributed by atoms with E-state index in [0.29, 0.717) is 0 Å². The number of hydrogen-bond donors (Lipinski definition) is 0. The van der Waals surface area contributed by atoms with Crippen LogP contribution in [0.2, 0.25) is 0 Å². The van der Waals surface area contributed by atoms with Crippen molar-refractivity contribution >= 4 is 17.3 Å². The van der Waals surface area contributed by atoms with Crippen molar-refractivity contribution in [1.29, 1.82) is 0 Å². The quantitative estimate of drug-likeness (QED) is 0.794. The molecule has 1 unspecified atom stereocenters. The Bertz CT molecular complexity index is 604. The first-order valence-corrected chi connectivity index (χ1v) is 8.30. The van der Waals surface area contributed by atoms with E-state index in [2.05, 4.69) is 41.8 Å². The lowest BCUT2D eigenvalue weighted by Crippen LogP contribution is -2.47. The van der Waals surface area contributed by atoms with Gasteiger partial charge in [-0.3, -0.25) is 4.90 Å². The van der Waals surface area contributed by atoms with Crippen molar-refractivity contribution in [3.63, 3.8) is 0 Å². The highest BCUT2D eigenvalue weighted by atomic mass is 35.5. The summed E-state index contributed by atoms with van der Waals surface area (Å²) in [6, 6.07) is 10.4. The van der Waals surface area contributed by atoms with Crippen LogP contribution in [0.25, 0.3) is 0 Å². The van der Waals surface area contributed by atoms with Gasteiger partial charge < -0.3 is 9.32 Å². The second-order valence-corrected chi connectivity index (χ2v) is 6.52. The zero-order valence-corrected chi connectivity index (χ0v) is 14.0. The Hall–Kier alpha value is -1.45. The molecule has 0 saturated carbocycles. The maximum absolute atomic E-state index is 6.43. The molecule has 1 atom stereocenters. The predicted octanol–water partition coefficient (Wildman–Crippen LogP) is 4.00. The van der Waals surface area contributed by atoms with Crippen LogP contribution in [0.3, 0.4) is 0 Å². The average Bonchev–Trinajstić information content (AvgIpc) is 3.05. The molecule has 2 heterocycles. The van der Waals surface area contributed by atoms with Gasteiger partial charge in [-0.1, -0.05) is 12.1 Å². The molecule has 1 aliphatic rings. The fraction of sp³-hybridized carbons (Fsp3) is 0.444. The number of anilines is 1. The Kier molecular flexibility index (Phi) is 4.74. The molecule has 118 valence electrons. The fourth-order valence-electron chi connectivity index (χ4n) is 3.04. The molecule has 0 spiro atoms. The molecule has 22 heavy (non-hydrogen) atoms. The van der Waals surface area contributed by atoms with Crippen molar-refractivity contribution in [2.45, 2.75) is 19.2 Å². The molecule has 2 aromatic rings. The van der Waals surface area contributed by atoms with Gasteiger partial charge in [-0.25, -0.2) is 0 Å². The maximum atomic E-state index is 6.43. The highest BCUT2D eigenvalue weighted by Gasteiger charge is 2.22. The van der Waals surface area contributed by atoms with Gasteiger partial charge >= 0.3 is 0 Å². The molecule has 1 aromatic carbocycles. The van der Waals surface area contributed by atoms with Gasteiger partial charge in [-0.15, -0.1) is 11.6 Å². The van der Waals surface area contributed by atoms with Crippen LogP contribution in [0.5, 0.6) is 0 Å². The van der Waals surface area contributed by atoms with E-state index in [0.717, 1.165) is 38.5 Å². The summed E-state index contributed by atoms with van der Waals surface area (Å²) in [7, 11) is 0. The Balaban J connectivity index is 1.57. The summed E-state index contributed by atoms with van der Waals surface area (Å²) >= 11 is 6.43. The molecule has 3 rings (SSSR count). The van der Waals surface area contributed by atoms with E-state index in [-0.39, 0.29) is 5.38 Å². The van der Waals surface area contributed by atoms with E-state index in [1.807, 2.05) is 12.1 Å². The van der Waals surface area contributed by atoms with Gasteiger partial charge in [0.2, 0.25) is 0 Å². The Morgan fingerprint density at radius 2 is 1.86 bits per heavy atom. The SMILES string of the molecule is Cc1cccc(N2CCN(CC(Cl)c3ccco3)CC2)c1C. The Morgan fingerprint density at radius 3 is 2.55 bits per heavy atom. The van der Waals surface area contributed by atoms with E-state index >= 15 is 0 Å². The lowest BCUT2D eigenvalue weighted by Gasteiger charge is -2.37. The van der Waals surface area contributed by atoms with Gasteiger partial charge in [-0.2, -0.15) is 0 Å². The van der Waals surface area contributed by atoms with Gasteiger partial charge in [0.1, 0.15) is 11.1 Å². The Morgan fingerprint density at radius 1 is 1.09 bits per heavy atom. The van der Waals surface area contributed by atoms with Crippen LogP contribution in [-0.2, 0) is 0 Å². The van der Waals surface area contributed by atoms with Crippen molar-refractivity contribution in [1.82, 2.24) is 4.90 Å². The molecule has 1 fully saturated rings. The lowest BCUT2D eigenvalue weighted by molar-refractivity contribution is 0.251. The molecule has 0 radical (unpaired) electrons. The molecule has 1 aliphatic heterocycles. The minimum absolute atomic E-state index is 0.0674. The van der Waals surface area contributed by atoms with Gasteiger partial charge in [0.05, 0.1) is 6.26 Å². The molecule has 0 aliphatic carbocycles. The van der Waals surface area contributed by atoms with Crippen molar-refractivity contribution in [3.05, 3.63) is 53.5 Å². The van der Waals surface area contributed by atoms with Gasteiger partial charge in [-0.05, 0) is 43.2 Å². The molecule has 1 saturated heterocycles. The van der Waals surface area contributed by atoms with E-state index in [4.69, 9.17) is 16.0 Å². The molecular formula is C18H23ClN2O. The first-order chi connectivity index (χ1) is 10.6. The molecule has 4 heteroatoms. The van der Waals surface area contributed by atoms with Crippen molar-refractivity contribution in [2.75, 3.05) is 37.6 Å². The second-order valence-electron chi connectivity index (χ2n) is 5.99. The molecule has 0 N–H and O–H groups in total. The van der Waals surface area contributed by atoms with Crippen molar-refractivity contribution in [2.24, 2.45) is 0 Å². The van der Waals surface area contributed by atoms with Crippen LogP contribution in [-0.4, -0.2) is 37.6 Å². The number of piperazine rings is 1. The molecule has 1 aromatic heterocycles. The average molecular weight is 319 g/mol. The molecule has 0 amide bonds. The maximum Gasteiger partial charge on any atom is 0.122 e. The van der Waals surface area contributed by atoms with E-state index in [1.54, 1.807) is 6.26 Å². The first kappa shape index (κ1) is 15.4. The number of halogens is 1. The lowest BCUT2D eigenvalue weighted by atomic mass is 10.1. The third-order valence-electron chi connectivity index (χ3n) is 4.56. The van der Waals surface area contributed by atoms with Crippen LogP contribution in [0.1, 0.15) is 22.3 Å². The molecule has 0 bridgehead atoms. The van der Waals surface area contributed by atoms with Crippen LogP contribution in [0, 0.1) is 13.8 Å². The smallest absolute Gasteiger partial charge is 0.122 e. The summed E-state index contributed by atoms with van der Waals surface area (Å²) < 4.78 is 5.39. The number of benzene rings is 1. The van der Waals surface area contributed by atoms with Crippen molar-refractivity contribution in [3.8, 4) is 0 Å². The summed E-state index contributed by atoms with van der Waals surface area (Å²) in [5.74, 6) is 0.860. The van der Waals surface area contributed by atoms with Crippen LogP contribution >= 0.6 is 11.6 Å². The summed E-state index contributed by atoms with van der Waals surface area (Å²) in [6.45, 7) is 9.40. The highest BCUT2D eigenvalue weighted by molar-refractivity contribution is 6.20. The zero-order valence-electron chi connectivity index (χ0n) is 13.3. The van der Waals surface area contributed by atoms with E-state index in [1.165, 1.54) is 16.8 Å². The summed E-state index contributed by atoms with van der Waals surface area (Å²) in [6.07, 6.45) is 1.68. The largest absolute Gasteiger partial charge is 0.468 e. The minimum atomic E-state index is -0.0674. The minimum Gasteiger partial charge on any atom is -0.468 e. The highest BCUT2D eigenvalue weighted by Crippen LogP contribution is 2.26. The third kappa shape index (κ3) is 3.31. The van der Waals surface area contributed by atoms with Crippen LogP contribution < -0.4 is 4.90 Å². The molecule has 3 nitrogen and oxygen atoms in total. The normalized spacial score (nSPS) is 17.7. The third-order valence-corrected chi connectivity index (χ3v) is 4.91. The van der Waals surface area contributed by atoms with Crippen molar-refractivity contribution < 1.29 is 4.42 Å². The summed E-state index contributed by atoms with van der Waals surface area (Å²) in [5, 5.41) is -0.0674. The number of aryl methyl sites for hydroxylation is 1. The molecular weight excluding hydrogens is 296 g/mol. The topological polar surface area (TPSA) is 19.6 Å². The predicted molar refractivity (Wildman–Crippen MR) is 91.9 cm³/mol. The number of alkyl halides is 1. The summed E-state index contributed by atoms with van der Waals surface area (Å²) in [4.78, 5) is 4.90. The van der Waals surface area contributed by atoms with Crippen LogP contribution in [0.15, 0.2) is 41.0 Å². The Labute approximate surface area is 137 Å². The van der Waals surface area contributed by atoms with Gasteiger partial charge in [0.15, 0.2) is 0 Å². The summed E-state index contributed by atoms with van der Waals surface area (Å²) in [5.41, 5.74) is 4.12. The first-order valence-electron chi connectivity index (χ1n) is 7.86. The zero-order chi connectivity index (χ0) is 15.5. The van der Waals surface area contributed by atoms with Crippen LogP contribution in [0.4, 0.5) is 5.69 Å². The number of rotatable bonds is 4. The van der Waals surface area contributed by atoms with Gasteiger partial charge in [0.25, 0.3) is 0 Å². The fourth-order valence-corrected chi connectivity index (χ4v) is 3.36. The number of nitrogens with zero attached hydrogens (tertiary/aromatic N) is 2. The van der Waals surface area contributed by atoms with Gasteiger partial charge in [0, 0.05) is 38.4 Å². The monoisotopic (exact) mass is 318 g/mol.